The molecule has 8 heteroatoms. The summed E-state index contributed by atoms with van der Waals surface area (Å²) in [7, 11) is 0. The van der Waals surface area contributed by atoms with E-state index in [1.807, 2.05) is 29.7 Å². The number of nitrogens with zero attached hydrogens (tertiary/aromatic N) is 5. The Balaban J connectivity index is 1.45. The number of fused-ring (bicyclic) bond motifs is 1. The Morgan fingerprint density at radius 1 is 1.30 bits per heavy atom. The predicted molar refractivity (Wildman–Crippen MR) is 97.7 cm³/mol. The van der Waals surface area contributed by atoms with Crippen molar-refractivity contribution in [2.24, 2.45) is 0 Å². The number of rotatable bonds is 5. The van der Waals surface area contributed by atoms with E-state index < -0.39 is 6.04 Å². The minimum Gasteiger partial charge on any atom is -0.344 e. The molecule has 27 heavy (non-hydrogen) atoms. The van der Waals surface area contributed by atoms with E-state index in [0.29, 0.717) is 11.7 Å². The van der Waals surface area contributed by atoms with Crippen LogP contribution in [-0.4, -0.2) is 30.4 Å². The lowest BCUT2D eigenvalue weighted by atomic mass is 10.2. The second kappa shape index (κ2) is 6.99. The lowest BCUT2D eigenvalue weighted by Crippen LogP contribution is -2.28. The van der Waals surface area contributed by atoms with E-state index in [4.69, 9.17) is 4.52 Å². The molecule has 0 bridgehead atoms. The standard InChI is InChI=1S/C19H18N6O2/c1-12-4-3-9-25-15(11-21-18(12)25)10-16(26)22-13(2)19-23-17(24-27-19)14-5-7-20-8-6-14/h3-9,11,13H,10H2,1-2H3,(H,22,26). The number of aryl methyl sites for hydroxylation is 1. The first-order valence-electron chi connectivity index (χ1n) is 8.57. The average Bonchev–Trinajstić information content (AvgIpc) is 3.31. The van der Waals surface area contributed by atoms with E-state index >= 15 is 0 Å². The van der Waals surface area contributed by atoms with Crippen molar-refractivity contribution in [3.63, 3.8) is 0 Å². The van der Waals surface area contributed by atoms with Crippen LogP contribution in [0.1, 0.15) is 30.1 Å². The van der Waals surface area contributed by atoms with Gasteiger partial charge in [0.25, 0.3) is 0 Å². The number of pyridine rings is 2. The second-order valence-corrected chi connectivity index (χ2v) is 6.29. The molecule has 0 aliphatic rings. The van der Waals surface area contributed by atoms with Gasteiger partial charge in [-0.1, -0.05) is 11.2 Å². The monoisotopic (exact) mass is 362 g/mol. The summed E-state index contributed by atoms with van der Waals surface area (Å²) < 4.78 is 7.21. The Hall–Kier alpha value is -3.55. The van der Waals surface area contributed by atoms with Gasteiger partial charge < -0.3 is 14.2 Å². The Morgan fingerprint density at radius 2 is 2.11 bits per heavy atom. The van der Waals surface area contributed by atoms with E-state index in [-0.39, 0.29) is 12.3 Å². The van der Waals surface area contributed by atoms with Crippen LogP contribution in [0.5, 0.6) is 0 Å². The van der Waals surface area contributed by atoms with Crippen LogP contribution in [0.2, 0.25) is 0 Å². The van der Waals surface area contributed by atoms with Crippen LogP contribution in [0.25, 0.3) is 17.0 Å². The summed E-state index contributed by atoms with van der Waals surface area (Å²) in [5.74, 6) is 0.671. The van der Waals surface area contributed by atoms with E-state index in [0.717, 1.165) is 22.5 Å². The first-order chi connectivity index (χ1) is 13.1. The maximum Gasteiger partial charge on any atom is 0.249 e. The number of hydrogen-bond donors (Lipinski definition) is 1. The summed E-state index contributed by atoms with van der Waals surface area (Å²) in [5, 5.41) is 6.85. The zero-order valence-corrected chi connectivity index (χ0v) is 15.0. The van der Waals surface area contributed by atoms with Crippen LogP contribution < -0.4 is 5.32 Å². The van der Waals surface area contributed by atoms with Crippen LogP contribution in [-0.2, 0) is 11.2 Å². The van der Waals surface area contributed by atoms with E-state index in [2.05, 4.69) is 25.4 Å². The predicted octanol–water partition coefficient (Wildman–Crippen LogP) is 2.51. The number of carbonyl (C=O) groups excluding carboxylic acids is 1. The van der Waals surface area contributed by atoms with Crippen molar-refractivity contribution in [3.8, 4) is 11.4 Å². The molecule has 0 aliphatic carbocycles. The van der Waals surface area contributed by atoms with Gasteiger partial charge in [-0.2, -0.15) is 4.98 Å². The Bertz CT molecular complexity index is 1090. The van der Waals surface area contributed by atoms with Crippen LogP contribution >= 0.6 is 0 Å². The third-order valence-corrected chi connectivity index (χ3v) is 4.28. The van der Waals surface area contributed by atoms with Gasteiger partial charge in [-0.3, -0.25) is 9.78 Å². The summed E-state index contributed by atoms with van der Waals surface area (Å²) in [6.07, 6.45) is 7.16. The van der Waals surface area contributed by atoms with Crippen LogP contribution in [0.4, 0.5) is 0 Å². The number of imidazole rings is 1. The fraction of sp³-hybridized carbons (Fsp3) is 0.211. The van der Waals surface area contributed by atoms with E-state index in [9.17, 15) is 4.79 Å². The maximum atomic E-state index is 12.4. The Morgan fingerprint density at radius 3 is 2.93 bits per heavy atom. The highest BCUT2D eigenvalue weighted by atomic mass is 16.5. The van der Waals surface area contributed by atoms with Crippen molar-refractivity contribution in [1.29, 1.82) is 0 Å². The molecule has 0 saturated heterocycles. The van der Waals surface area contributed by atoms with Crippen molar-refractivity contribution >= 4 is 11.6 Å². The van der Waals surface area contributed by atoms with Gasteiger partial charge in [-0.15, -0.1) is 0 Å². The summed E-state index contributed by atoms with van der Waals surface area (Å²) in [4.78, 5) is 25.2. The highest BCUT2D eigenvalue weighted by molar-refractivity contribution is 5.78. The molecule has 4 rings (SSSR count). The largest absolute Gasteiger partial charge is 0.344 e. The average molecular weight is 362 g/mol. The molecule has 1 unspecified atom stereocenters. The van der Waals surface area contributed by atoms with Gasteiger partial charge in [-0.05, 0) is 37.6 Å². The number of amides is 1. The van der Waals surface area contributed by atoms with Crippen molar-refractivity contribution in [1.82, 2.24) is 29.8 Å². The normalized spacial score (nSPS) is 12.2. The van der Waals surface area contributed by atoms with Gasteiger partial charge in [0.2, 0.25) is 17.6 Å². The lowest BCUT2D eigenvalue weighted by Gasteiger charge is -2.09. The molecule has 0 aliphatic heterocycles. The minimum atomic E-state index is -0.401. The molecule has 4 aromatic rings. The molecule has 0 aromatic carbocycles. The molecule has 0 radical (unpaired) electrons. The molecule has 4 aromatic heterocycles. The molecule has 1 atom stereocenters. The fourth-order valence-electron chi connectivity index (χ4n) is 2.88. The first kappa shape index (κ1) is 16.9. The zero-order chi connectivity index (χ0) is 18.8. The number of nitrogens with one attached hydrogen (secondary N) is 1. The summed E-state index contributed by atoms with van der Waals surface area (Å²) in [6.45, 7) is 3.80. The van der Waals surface area contributed by atoms with Crippen molar-refractivity contribution in [2.75, 3.05) is 0 Å². The molecular formula is C19H18N6O2. The smallest absolute Gasteiger partial charge is 0.249 e. The van der Waals surface area contributed by atoms with Gasteiger partial charge in [0.1, 0.15) is 11.7 Å². The van der Waals surface area contributed by atoms with Crippen molar-refractivity contribution in [3.05, 3.63) is 66.2 Å². The fourth-order valence-corrected chi connectivity index (χ4v) is 2.88. The van der Waals surface area contributed by atoms with Gasteiger partial charge in [0.05, 0.1) is 12.1 Å². The highest BCUT2D eigenvalue weighted by Crippen LogP contribution is 2.18. The van der Waals surface area contributed by atoms with E-state index in [1.165, 1.54) is 0 Å². The maximum absolute atomic E-state index is 12.4. The molecule has 1 amide bonds. The lowest BCUT2D eigenvalue weighted by molar-refractivity contribution is -0.121. The molecule has 0 saturated carbocycles. The quantitative estimate of drug-likeness (QED) is 0.586. The number of aromatic nitrogens is 5. The highest BCUT2D eigenvalue weighted by Gasteiger charge is 2.18. The van der Waals surface area contributed by atoms with Crippen LogP contribution in [0.15, 0.2) is 53.6 Å². The van der Waals surface area contributed by atoms with Gasteiger partial charge in [0, 0.05) is 30.4 Å². The number of carbonyl (C=O) groups is 1. The minimum absolute atomic E-state index is 0.144. The Kier molecular flexibility index (Phi) is 4.37. The van der Waals surface area contributed by atoms with Gasteiger partial charge >= 0.3 is 0 Å². The number of hydrogen-bond acceptors (Lipinski definition) is 6. The van der Waals surface area contributed by atoms with Crippen molar-refractivity contribution in [2.45, 2.75) is 26.3 Å². The topological polar surface area (TPSA) is 98.2 Å². The van der Waals surface area contributed by atoms with Crippen molar-refractivity contribution < 1.29 is 9.32 Å². The summed E-state index contributed by atoms with van der Waals surface area (Å²) in [6, 6.07) is 7.12. The van der Waals surface area contributed by atoms with Gasteiger partial charge in [0.15, 0.2) is 0 Å². The zero-order valence-electron chi connectivity index (χ0n) is 15.0. The van der Waals surface area contributed by atoms with Crippen LogP contribution in [0, 0.1) is 6.92 Å². The van der Waals surface area contributed by atoms with Gasteiger partial charge in [-0.25, -0.2) is 4.98 Å². The summed E-state index contributed by atoms with van der Waals surface area (Å²) >= 11 is 0. The molecule has 1 N–H and O–H groups in total. The molecule has 4 heterocycles. The molecule has 8 nitrogen and oxygen atoms in total. The third kappa shape index (κ3) is 3.41. The molecule has 0 spiro atoms. The molecule has 136 valence electrons. The Labute approximate surface area is 155 Å². The first-order valence-corrected chi connectivity index (χ1v) is 8.57. The summed E-state index contributed by atoms with van der Waals surface area (Å²) in [5.41, 5.74) is 3.54. The second-order valence-electron chi connectivity index (χ2n) is 6.29. The van der Waals surface area contributed by atoms with Crippen LogP contribution in [0.3, 0.4) is 0 Å². The SMILES string of the molecule is Cc1cccn2c(CC(=O)NC(C)c3nc(-c4ccncc4)no3)cnc12. The third-order valence-electron chi connectivity index (χ3n) is 4.28. The molecule has 0 fully saturated rings. The van der Waals surface area contributed by atoms with E-state index in [1.54, 1.807) is 37.6 Å². The molecular weight excluding hydrogens is 344 g/mol.